The van der Waals surface area contributed by atoms with Crippen LogP contribution in [0.5, 0.6) is 0 Å². The molecule has 0 spiro atoms. The van der Waals surface area contributed by atoms with E-state index in [4.69, 9.17) is 14.2 Å². The van der Waals surface area contributed by atoms with Gasteiger partial charge in [0.25, 0.3) is 0 Å². The van der Waals surface area contributed by atoms with E-state index in [0.29, 0.717) is 19.0 Å². The number of hydrogen-bond acceptors (Lipinski definition) is 12. The maximum Gasteiger partial charge on any atom is 0.311 e. The molecule has 3 atom stereocenters. The summed E-state index contributed by atoms with van der Waals surface area (Å²) in [5.74, 6) is -3.94. The number of imide groups is 1. The number of ether oxygens (including phenoxy) is 3. The highest BCUT2D eigenvalue weighted by molar-refractivity contribution is 7.99. The molecule has 0 aromatic heterocycles. The second-order valence-corrected chi connectivity index (χ2v) is 14.0. The van der Waals surface area contributed by atoms with Crippen molar-refractivity contribution < 1.29 is 52.6 Å². The van der Waals surface area contributed by atoms with Crippen molar-refractivity contribution in [2.24, 2.45) is 11.3 Å². The lowest BCUT2D eigenvalue weighted by molar-refractivity contribution is -0.152. The molecule has 17 nitrogen and oxygen atoms in total. The molecule has 0 saturated carbocycles. The number of likely N-dealkylation sites (tertiary alicyclic amines) is 1. The maximum absolute atomic E-state index is 13.1. The Balaban J connectivity index is 2.68. The predicted molar refractivity (Wildman–Crippen MR) is 183 cm³/mol. The van der Waals surface area contributed by atoms with E-state index in [1.54, 1.807) is 34.6 Å². The first-order valence-electron chi connectivity index (χ1n) is 16.6. The topological polar surface area (TPSA) is 228 Å². The number of nitrogens with one attached hydrogen (secondary N) is 5. The van der Waals surface area contributed by atoms with E-state index in [9.17, 15) is 38.4 Å². The summed E-state index contributed by atoms with van der Waals surface area (Å²) >= 11 is 1.34. The molecule has 1 fully saturated rings. The van der Waals surface area contributed by atoms with Crippen molar-refractivity contribution in [2.45, 2.75) is 85.4 Å². The van der Waals surface area contributed by atoms with Crippen LogP contribution >= 0.6 is 11.8 Å². The van der Waals surface area contributed by atoms with E-state index >= 15 is 0 Å². The van der Waals surface area contributed by atoms with Crippen LogP contribution in [-0.2, 0) is 52.6 Å². The molecule has 5 N–H and O–H groups in total. The van der Waals surface area contributed by atoms with Gasteiger partial charge < -0.3 is 40.8 Å². The van der Waals surface area contributed by atoms with Gasteiger partial charge in [-0.1, -0.05) is 13.8 Å². The smallest absolute Gasteiger partial charge is 0.311 e. The van der Waals surface area contributed by atoms with Gasteiger partial charge in [-0.25, -0.2) is 0 Å². The number of hydrogen-bond donors (Lipinski definition) is 5. The van der Waals surface area contributed by atoms with Crippen molar-refractivity contribution in [3.05, 3.63) is 0 Å². The fraction of sp³-hybridized carbons (Fsp3) is 0.750. The van der Waals surface area contributed by atoms with Crippen LogP contribution in [0.2, 0.25) is 0 Å². The van der Waals surface area contributed by atoms with Gasteiger partial charge in [-0.2, -0.15) is 0 Å². The Labute approximate surface area is 297 Å². The molecule has 1 saturated heterocycles. The minimum absolute atomic E-state index is 0.00426. The van der Waals surface area contributed by atoms with E-state index in [2.05, 4.69) is 26.6 Å². The molecule has 0 bridgehead atoms. The number of rotatable bonds is 23. The van der Waals surface area contributed by atoms with E-state index in [-0.39, 0.29) is 63.2 Å². The van der Waals surface area contributed by atoms with Crippen molar-refractivity contribution in [1.29, 1.82) is 0 Å². The molecule has 284 valence electrons. The summed E-state index contributed by atoms with van der Waals surface area (Å²) in [5, 5.41) is 13.0. The van der Waals surface area contributed by atoms with Gasteiger partial charge >= 0.3 is 5.97 Å². The third kappa shape index (κ3) is 17.2. The lowest BCUT2D eigenvalue weighted by atomic mass is 9.97. The standard InChI is InChI=1S/C32H54N6O11S/c1-20(2)27(30(45)35-21(3)28(43)34-19-50-17-16-49-31(46)32(4,5)6)37-23(39)9-8-22(29(44)33-12-13-48-15-14-47-7)36-24(40)18-38-25(41)10-11-26(38)42/h20-22,27H,8-19H2,1-7H3,(H,33,44)(H,34,43)(H,35,45)(H,36,40)(H,37,39)/t21-,22-,27-/m0/s1. The van der Waals surface area contributed by atoms with E-state index in [0.717, 1.165) is 4.90 Å². The number of methoxy groups -OCH3 is 1. The van der Waals surface area contributed by atoms with Crippen molar-refractivity contribution in [2.75, 3.05) is 58.3 Å². The molecular weight excluding hydrogens is 676 g/mol. The van der Waals surface area contributed by atoms with Gasteiger partial charge in [-0.3, -0.25) is 43.3 Å². The third-order valence-corrected chi connectivity index (χ3v) is 7.99. The quantitative estimate of drug-likeness (QED) is 0.0378. The average molecular weight is 731 g/mol. The van der Waals surface area contributed by atoms with Crippen LogP contribution in [-0.4, -0.2) is 129 Å². The normalized spacial score (nSPS) is 14.8. The van der Waals surface area contributed by atoms with Gasteiger partial charge in [-0.05, 0) is 40.0 Å². The van der Waals surface area contributed by atoms with E-state index in [1.165, 1.54) is 25.8 Å². The largest absolute Gasteiger partial charge is 0.464 e. The molecular formula is C32H54N6O11S. The summed E-state index contributed by atoms with van der Waals surface area (Å²) in [4.78, 5) is 101. The van der Waals surface area contributed by atoms with Crippen LogP contribution in [0.3, 0.4) is 0 Å². The fourth-order valence-electron chi connectivity index (χ4n) is 4.25. The van der Waals surface area contributed by atoms with Crippen molar-refractivity contribution in [1.82, 2.24) is 31.5 Å². The summed E-state index contributed by atoms with van der Waals surface area (Å²) < 4.78 is 15.4. The monoisotopic (exact) mass is 730 g/mol. The summed E-state index contributed by atoms with van der Waals surface area (Å²) in [7, 11) is 1.52. The maximum atomic E-state index is 13.1. The Morgan fingerprint density at radius 1 is 0.820 bits per heavy atom. The van der Waals surface area contributed by atoms with Crippen molar-refractivity contribution in [3.63, 3.8) is 0 Å². The Kier molecular flexibility index (Phi) is 20.2. The van der Waals surface area contributed by atoms with Crippen LogP contribution < -0.4 is 26.6 Å². The first-order valence-corrected chi connectivity index (χ1v) is 17.7. The van der Waals surface area contributed by atoms with Gasteiger partial charge in [0.15, 0.2) is 0 Å². The van der Waals surface area contributed by atoms with Gasteiger partial charge in [0.05, 0.1) is 31.1 Å². The van der Waals surface area contributed by atoms with Crippen LogP contribution in [0.1, 0.15) is 67.2 Å². The molecule has 0 aliphatic carbocycles. The SMILES string of the molecule is COCCOCCNC(=O)[C@H](CCC(=O)N[C@H](C(=O)N[C@@H](C)C(=O)NCSCCOC(=O)C(C)(C)C)C(C)C)NC(=O)CN1C(=O)CCC1=O. The highest BCUT2D eigenvalue weighted by Crippen LogP contribution is 2.15. The molecule has 0 aromatic rings. The van der Waals surface area contributed by atoms with Gasteiger partial charge in [-0.15, -0.1) is 11.8 Å². The minimum Gasteiger partial charge on any atom is -0.464 e. The van der Waals surface area contributed by atoms with Gasteiger partial charge in [0, 0.05) is 38.7 Å². The first kappa shape index (κ1) is 44.3. The van der Waals surface area contributed by atoms with Crippen LogP contribution in [0.4, 0.5) is 0 Å². The molecule has 0 aromatic carbocycles. The Hall–Kier alpha value is -3.77. The highest BCUT2D eigenvalue weighted by atomic mass is 32.2. The molecule has 1 heterocycles. The zero-order chi connectivity index (χ0) is 37.9. The zero-order valence-corrected chi connectivity index (χ0v) is 31.0. The van der Waals surface area contributed by atoms with Crippen LogP contribution in [0.25, 0.3) is 0 Å². The number of carbonyl (C=O) groups excluding carboxylic acids is 8. The predicted octanol–water partition coefficient (Wildman–Crippen LogP) is -0.779. The first-order chi connectivity index (χ1) is 23.5. The molecule has 50 heavy (non-hydrogen) atoms. The second kappa shape index (κ2) is 22.8. The fourth-order valence-corrected chi connectivity index (χ4v) is 4.84. The third-order valence-electron chi connectivity index (χ3n) is 7.19. The number of thioether (sulfide) groups is 1. The summed E-state index contributed by atoms with van der Waals surface area (Å²) in [6.45, 7) is 10.8. The molecule has 18 heteroatoms. The lowest BCUT2D eigenvalue weighted by Gasteiger charge is -2.24. The molecule has 7 amide bonds. The molecule has 0 unspecified atom stereocenters. The average Bonchev–Trinajstić information content (AvgIpc) is 3.35. The minimum atomic E-state index is -1.20. The Morgan fingerprint density at radius 3 is 2.08 bits per heavy atom. The molecule has 1 aliphatic heterocycles. The summed E-state index contributed by atoms with van der Waals surface area (Å²) in [6.07, 6.45) is -0.415. The summed E-state index contributed by atoms with van der Waals surface area (Å²) in [6, 6.07) is -3.13. The lowest BCUT2D eigenvalue weighted by Crippen LogP contribution is -2.55. The van der Waals surface area contributed by atoms with Gasteiger partial charge in [0.2, 0.25) is 41.4 Å². The van der Waals surface area contributed by atoms with Crippen LogP contribution in [0.15, 0.2) is 0 Å². The molecule has 1 aliphatic rings. The van der Waals surface area contributed by atoms with Gasteiger partial charge in [0.1, 0.15) is 31.3 Å². The number of esters is 1. The molecule has 0 radical (unpaired) electrons. The molecule has 1 rings (SSSR count). The number of nitrogens with zero attached hydrogens (tertiary/aromatic N) is 1. The number of carbonyl (C=O) groups is 8. The van der Waals surface area contributed by atoms with Crippen LogP contribution in [0, 0.1) is 11.3 Å². The van der Waals surface area contributed by atoms with Crippen molar-refractivity contribution in [3.8, 4) is 0 Å². The summed E-state index contributed by atoms with van der Waals surface area (Å²) in [5.41, 5.74) is -0.601. The van der Waals surface area contributed by atoms with E-state index < -0.39 is 71.4 Å². The highest BCUT2D eigenvalue weighted by Gasteiger charge is 2.32. The van der Waals surface area contributed by atoms with Crippen molar-refractivity contribution >= 4 is 59.1 Å². The Bertz CT molecular complexity index is 1180. The number of amides is 7. The zero-order valence-electron chi connectivity index (χ0n) is 30.1. The Morgan fingerprint density at radius 2 is 1.48 bits per heavy atom. The second-order valence-electron chi connectivity index (χ2n) is 12.9. The van der Waals surface area contributed by atoms with E-state index in [1.807, 2.05) is 0 Å².